The first-order valence-corrected chi connectivity index (χ1v) is 7.36. The van der Waals surface area contributed by atoms with E-state index in [4.69, 9.17) is 11.6 Å². The van der Waals surface area contributed by atoms with E-state index >= 15 is 0 Å². The fraction of sp³-hybridized carbons (Fsp3) is 0.143. The van der Waals surface area contributed by atoms with Crippen LogP contribution in [0.3, 0.4) is 0 Å². The molecule has 0 fully saturated rings. The Morgan fingerprint density at radius 1 is 1.00 bits per heavy atom. The van der Waals surface area contributed by atoms with Crippen LogP contribution in [-0.2, 0) is 0 Å². The molecule has 1 atom stereocenters. The highest BCUT2D eigenvalue weighted by Gasteiger charge is 2.13. The van der Waals surface area contributed by atoms with Gasteiger partial charge in [0.2, 0.25) is 0 Å². The fourth-order valence-corrected chi connectivity index (χ4v) is 3.33. The molecule has 94 valence electrons. The summed E-state index contributed by atoms with van der Waals surface area (Å²) in [5.41, 5.74) is 2.46. The van der Waals surface area contributed by atoms with Crippen LogP contribution in [0.1, 0.15) is 22.1 Å². The third kappa shape index (κ3) is 3.14. The van der Waals surface area contributed by atoms with Crippen molar-refractivity contribution in [3.8, 4) is 0 Å². The van der Waals surface area contributed by atoms with Crippen molar-refractivity contribution in [1.82, 2.24) is 0 Å². The van der Waals surface area contributed by atoms with Gasteiger partial charge in [-0.1, -0.05) is 44.0 Å². The maximum atomic E-state index is 13.2. The summed E-state index contributed by atoms with van der Waals surface area (Å²) in [7, 11) is 0. The molecule has 2 aromatic carbocycles. The molecular weight excluding hydrogens is 382 g/mol. The molecule has 2 aromatic rings. The van der Waals surface area contributed by atoms with Crippen LogP contribution < -0.4 is 0 Å². The molecule has 1 unspecified atom stereocenters. The summed E-state index contributed by atoms with van der Waals surface area (Å²) in [4.78, 5) is 0. The van der Waals surface area contributed by atoms with Gasteiger partial charge in [-0.15, -0.1) is 11.6 Å². The number of hydrogen-bond acceptors (Lipinski definition) is 0. The lowest BCUT2D eigenvalue weighted by Gasteiger charge is -2.12. The van der Waals surface area contributed by atoms with Gasteiger partial charge in [-0.05, 0) is 47.9 Å². The van der Waals surface area contributed by atoms with E-state index in [0.717, 1.165) is 20.1 Å². The predicted molar refractivity (Wildman–Crippen MR) is 80.7 cm³/mol. The lowest BCUT2D eigenvalue weighted by Crippen LogP contribution is -1.95. The zero-order valence-corrected chi connectivity index (χ0v) is 13.5. The summed E-state index contributed by atoms with van der Waals surface area (Å²) in [5, 5.41) is -0.293. The Balaban J connectivity index is 2.40. The highest BCUT2D eigenvalue weighted by atomic mass is 79.9. The monoisotopic (exact) mass is 390 g/mol. The quantitative estimate of drug-likeness (QED) is 0.551. The highest BCUT2D eigenvalue weighted by Crippen LogP contribution is 2.33. The summed E-state index contributed by atoms with van der Waals surface area (Å²) in [6, 6.07) is 10.8. The van der Waals surface area contributed by atoms with Crippen LogP contribution in [0.15, 0.2) is 45.3 Å². The Labute approximate surface area is 127 Å². The van der Waals surface area contributed by atoms with Crippen LogP contribution in [0.4, 0.5) is 4.39 Å². The van der Waals surface area contributed by atoms with Crippen molar-refractivity contribution in [2.45, 2.75) is 12.3 Å². The van der Waals surface area contributed by atoms with E-state index in [0.29, 0.717) is 5.56 Å². The molecule has 4 heteroatoms. The second-order valence-electron chi connectivity index (χ2n) is 4.07. The third-order valence-corrected chi connectivity index (χ3v) is 4.07. The van der Waals surface area contributed by atoms with Crippen LogP contribution in [0.25, 0.3) is 0 Å². The van der Waals surface area contributed by atoms with Gasteiger partial charge in [0.25, 0.3) is 0 Å². The molecule has 0 nitrogen and oxygen atoms in total. The molecule has 0 amide bonds. The Hall–Kier alpha value is -0.380. The zero-order chi connectivity index (χ0) is 13.3. The molecule has 0 N–H and O–H groups in total. The Bertz CT molecular complexity index is 564. The molecule has 0 aliphatic carbocycles. The lowest BCUT2D eigenvalue weighted by molar-refractivity contribution is 0.617. The molecule has 18 heavy (non-hydrogen) atoms. The van der Waals surface area contributed by atoms with E-state index < -0.39 is 0 Å². The van der Waals surface area contributed by atoms with Gasteiger partial charge in [-0.2, -0.15) is 0 Å². The van der Waals surface area contributed by atoms with Crippen molar-refractivity contribution in [3.63, 3.8) is 0 Å². The van der Waals surface area contributed by atoms with Gasteiger partial charge < -0.3 is 0 Å². The minimum absolute atomic E-state index is 0.210. The van der Waals surface area contributed by atoms with Gasteiger partial charge in [-0.25, -0.2) is 4.39 Å². The Kier molecular flexibility index (Phi) is 4.46. The molecular formula is C14H10Br2ClF. The summed E-state index contributed by atoms with van der Waals surface area (Å²) in [6.07, 6.45) is 0. The highest BCUT2D eigenvalue weighted by molar-refractivity contribution is 9.11. The van der Waals surface area contributed by atoms with Gasteiger partial charge in [0.15, 0.2) is 0 Å². The van der Waals surface area contributed by atoms with Gasteiger partial charge in [-0.3, -0.25) is 0 Å². The van der Waals surface area contributed by atoms with E-state index in [2.05, 4.69) is 31.9 Å². The number of halogens is 4. The number of benzene rings is 2. The van der Waals surface area contributed by atoms with Crippen LogP contribution in [0.2, 0.25) is 0 Å². The van der Waals surface area contributed by atoms with Crippen molar-refractivity contribution < 1.29 is 4.39 Å². The smallest absolute Gasteiger partial charge is 0.126 e. The van der Waals surface area contributed by atoms with Crippen molar-refractivity contribution in [3.05, 3.63) is 67.9 Å². The van der Waals surface area contributed by atoms with Gasteiger partial charge in [0, 0.05) is 8.95 Å². The number of hydrogen-bond donors (Lipinski definition) is 0. The second kappa shape index (κ2) is 5.72. The van der Waals surface area contributed by atoms with Crippen molar-refractivity contribution in [1.29, 1.82) is 0 Å². The first kappa shape index (κ1) is 14.0. The molecule has 0 bridgehead atoms. The maximum Gasteiger partial charge on any atom is 0.126 e. The first-order valence-electron chi connectivity index (χ1n) is 5.33. The fourth-order valence-electron chi connectivity index (χ4n) is 1.74. The minimum Gasteiger partial charge on any atom is -0.207 e. The molecule has 0 spiro atoms. The third-order valence-electron chi connectivity index (χ3n) is 2.65. The Morgan fingerprint density at radius 3 is 2.17 bits per heavy atom. The molecule has 0 radical (unpaired) electrons. The summed E-state index contributed by atoms with van der Waals surface area (Å²) in [6.45, 7) is 1.74. The van der Waals surface area contributed by atoms with Gasteiger partial charge >= 0.3 is 0 Å². The maximum absolute atomic E-state index is 13.2. The summed E-state index contributed by atoms with van der Waals surface area (Å²) in [5.74, 6) is -0.210. The molecule has 2 rings (SSSR count). The van der Waals surface area contributed by atoms with Crippen LogP contribution in [0, 0.1) is 12.7 Å². The average molecular weight is 392 g/mol. The average Bonchev–Trinajstić information content (AvgIpc) is 2.30. The molecule has 0 saturated heterocycles. The number of rotatable bonds is 2. The standard InChI is InChI=1S/C14H10Br2ClF/c1-8-4-9(2-3-13(8)18)14(17)10-5-11(15)7-12(16)6-10/h2-7,14H,1H3. The molecule has 0 aliphatic heterocycles. The lowest BCUT2D eigenvalue weighted by atomic mass is 10.0. The predicted octanol–water partition coefficient (Wildman–Crippen LogP) is 5.99. The van der Waals surface area contributed by atoms with Crippen LogP contribution >= 0.6 is 43.5 Å². The van der Waals surface area contributed by atoms with E-state index in [1.807, 2.05) is 18.2 Å². The van der Waals surface area contributed by atoms with Crippen LogP contribution in [0.5, 0.6) is 0 Å². The normalized spacial score (nSPS) is 12.5. The van der Waals surface area contributed by atoms with E-state index in [1.54, 1.807) is 19.1 Å². The summed E-state index contributed by atoms with van der Waals surface area (Å²) < 4.78 is 15.1. The van der Waals surface area contributed by atoms with Gasteiger partial charge in [0.1, 0.15) is 5.82 Å². The molecule has 0 aliphatic rings. The molecule has 0 aromatic heterocycles. The molecule has 0 saturated carbocycles. The largest absolute Gasteiger partial charge is 0.207 e. The SMILES string of the molecule is Cc1cc(C(Cl)c2cc(Br)cc(Br)c2)ccc1F. The first-order chi connectivity index (χ1) is 8.47. The van der Waals surface area contributed by atoms with Crippen molar-refractivity contribution in [2.24, 2.45) is 0 Å². The summed E-state index contributed by atoms with van der Waals surface area (Å²) >= 11 is 13.3. The van der Waals surface area contributed by atoms with Crippen molar-refractivity contribution in [2.75, 3.05) is 0 Å². The molecule has 0 heterocycles. The topological polar surface area (TPSA) is 0 Å². The zero-order valence-electron chi connectivity index (χ0n) is 9.55. The second-order valence-corrected chi connectivity index (χ2v) is 6.34. The van der Waals surface area contributed by atoms with Crippen LogP contribution in [-0.4, -0.2) is 0 Å². The number of alkyl halides is 1. The van der Waals surface area contributed by atoms with Gasteiger partial charge in [0.05, 0.1) is 5.38 Å². The van der Waals surface area contributed by atoms with E-state index in [-0.39, 0.29) is 11.2 Å². The van der Waals surface area contributed by atoms with E-state index in [9.17, 15) is 4.39 Å². The van der Waals surface area contributed by atoms with E-state index in [1.165, 1.54) is 6.07 Å². The number of aryl methyl sites for hydroxylation is 1. The Morgan fingerprint density at radius 2 is 1.61 bits per heavy atom. The minimum atomic E-state index is -0.293. The van der Waals surface area contributed by atoms with Crippen molar-refractivity contribution >= 4 is 43.5 Å².